The number of para-hydroxylation sites is 1. The molecule has 2 heterocycles. The maximum atomic E-state index is 2.61. The van der Waals surface area contributed by atoms with Gasteiger partial charge in [-0.15, -0.1) is 0 Å². The van der Waals surface area contributed by atoms with Crippen molar-refractivity contribution < 1.29 is 21.6 Å². The minimum atomic E-state index is 0. The first kappa shape index (κ1) is 35.1. The number of thioether (sulfide) groups is 1. The van der Waals surface area contributed by atoms with Crippen LogP contribution in [0, 0.1) is 20.8 Å². The third kappa shape index (κ3) is 9.03. The van der Waals surface area contributed by atoms with Gasteiger partial charge in [0.05, 0.1) is 5.75 Å². The summed E-state index contributed by atoms with van der Waals surface area (Å²) in [4.78, 5) is 2.61. The van der Waals surface area contributed by atoms with Gasteiger partial charge in [0.1, 0.15) is 6.54 Å². The number of fused-ring (bicyclic) bond motifs is 1. The molecule has 2 aliphatic heterocycles. The molecule has 5 rings (SSSR count). The summed E-state index contributed by atoms with van der Waals surface area (Å²) in [7, 11) is 0. The zero-order chi connectivity index (χ0) is 24.5. The van der Waals surface area contributed by atoms with Crippen molar-refractivity contribution in [2.45, 2.75) is 103 Å². The van der Waals surface area contributed by atoms with Gasteiger partial charge in [-0.3, -0.25) is 0 Å². The molecule has 0 spiro atoms. The Hall–Kier alpha value is -0.961. The first-order valence-corrected chi connectivity index (χ1v) is 15.6. The van der Waals surface area contributed by atoms with E-state index in [1.165, 1.54) is 111 Å². The third-order valence-electron chi connectivity index (χ3n) is 8.57. The molecule has 2 aliphatic carbocycles. The van der Waals surface area contributed by atoms with Crippen molar-refractivity contribution in [3.05, 3.63) is 68.6 Å². The van der Waals surface area contributed by atoms with Gasteiger partial charge in [0.15, 0.2) is 6.54 Å². The Balaban J connectivity index is 0.000000813. The molecule has 2 saturated carbocycles. The molecule has 0 amide bonds. The standard InChI is InChI=1S/C27H39N2S.C5H10.2CH3.Fe/c1-4-28-20-21-30-26(28)18-11-17-25-27(2,3)23-15-7-8-16-24(23)29(25)19-10-9-14-22-12-5-6-13-22;1-2-4-5-3-1;;;/h7-8,11,15-18,22H,4-6,9-10,12-14,19-21H2,1-3H3;1-5H2;2*1H3;/q+1;;2*-1;+2. The molecule has 0 bridgehead atoms. The smallest absolute Gasteiger partial charge is 0.358 e. The average molecular weight is 580 g/mol. The van der Waals surface area contributed by atoms with E-state index in [1.807, 2.05) is 11.8 Å². The van der Waals surface area contributed by atoms with Crippen molar-refractivity contribution in [1.82, 2.24) is 0 Å². The molecule has 0 N–H and O–H groups in total. The topological polar surface area (TPSA) is 6.25 Å². The van der Waals surface area contributed by atoms with Gasteiger partial charge in [-0.05, 0) is 37.0 Å². The van der Waals surface area contributed by atoms with E-state index in [0.717, 1.165) is 19.0 Å². The predicted molar refractivity (Wildman–Crippen MR) is 169 cm³/mol. The molecular weight excluding hydrogens is 524 g/mol. The molecule has 0 unspecified atom stereocenters. The molecule has 4 aliphatic rings. The number of hydrogen-bond donors (Lipinski definition) is 0. The quantitative estimate of drug-likeness (QED) is 0.131. The summed E-state index contributed by atoms with van der Waals surface area (Å²) in [6, 6.07) is 9.04. The summed E-state index contributed by atoms with van der Waals surface area (Å²) >= 11 is 1.99. The fraction of sp³-hybridized carbons (Fsp3) is 0.618. The second kappa shape index (κ2) is 17.7. The molecule has 0 radical (unpaired) electrons. The van der Waals surface area contributed by atoms with Crippen LogP contribution >= 0.6 is 11.8 Å². The van der Waals surface area contributed by atoms with Crippen molar-refractivity contribution in [3.63, 3.8) is 0 Å². The summed E-state index contributed by atoms with van der Waals surface area (Å²) in [5.74, 6) is 2.22. The first-order valence-electron chi connectivity index (χ1n) is 14.6. The fourth-order valence-electron chi connectivity index (χ4n) is 6.42. The SMILES string of the molecule is C1CCCC1.CC[N+]1=C(C=CC=C2N(CCCCC3CCCC3)c3ccccc3C2(C)C)SCC1.[CH3-].[CH3-].[Fe+2]. The van der Waals surface area contributed by atoms with E-state index in [-0.39, 0.29) is 37.3 Å². The monoisotopic (exact) mass is 579 g/mol. The van der Waals surface area contributed by atoms with Crippen LogP contribution in [-0.4, -0.2) is 35.0 Å². The fourth-order valence-corrected chi connectivity index (χ4v) is 7.52. The van der Waals surface area contributed by atoms with Gasteiger partial charge in [-0.2, -0.15) is 0 Å². The largest absolute Gasteiger partial charge is 2.00 e. The van der Waals surface area contributed by atoms with Gasteiger partial charge in [0.25, 0.3) is 0 Å². The van der Waals surface area contributed by atoms with Gasteiger partial charge >= 0.3 is 17.1 Å². The molecule has 2 fully saturated rings. The average Bonchev–Trinajstić information content (AvgIpc) is 3.68. The van der Waals surface area contributed by atoms with Crippen LogP contribution in [0.1, 0.15) is 103 Å². The van der Waals surface area contributed by atoms with Crippen LogP contribution in [-0.2, 0) is 22.5 Å². The van der Waals surface area contributed by atoms with Crippen molar-refractivity contribution in [2.24, 2.45) is 5.92 Å². The molecule has 1 aromatic rings. The number of anilines is 1. The van der Waals surface area contributed by atoms with Crippen LogP contribution in [0.2, 0.25) is 0 Å². The Labute approximate surface area is 251 Å². The second-order valence-corrected chi connectivity index (χ2v) is 12.5. The molecule has 4 heteroatoms. The van der Waals surface area contributed by atoms with Crippen LogP contribution < -0.4 is 4.90 Å². The Morgan fingerprint density at radius 2 is 1.63 bits per heavy atom. The second-order valence-electron chi connectivity index (χ2n) is 11.4. The number of hydrogen-bond acceptors (Lipinski definition) is 2. The summed E-state index contributed by atoms with van der Waals surface area (Å²) in [6.07, 6.45) is 24.5. The minimum absolute atomic E-state index is 0. The van der Waals surface area contributed by atoms with E-state index in [2.05, 4.69) is 72.7 Å². The Morgan fingerprint density at radius 3 is 2.29 bits per heavy atom. The predicted octanol–water partition coefficient (Wildman–Crippen LogP) is 9.61. The minimum Gasteiger partial charge on any atom is -0.358 e. The van der Waals surface area contributed by atoms with E-state index in [1.54, 1.807) is 0 Å². The number of rotatable bonds is 8. The molecule has 2 nitrogen and oxygen atoms in total. The first-order chi connectivity index (χ1) is 17.1. The summed E-state index contributed by atoms with van der Waals surface area (Å²) in [5.41, 5.74) is 4.40. The molecular formula is C34H55FeN2S+. The molecule has 0 aromatic heterocycles. The number of benzene rings is 1. The number of unbranched alkanes of at least 4 members (excludes halogenated alkanes) is 1. The van der Waals surface area contributed by atoms with E-state index in [4.69, 9.17) is 0 Å². The van der Waals surface area contributed by atoms with Gasteiger partial charge in [-0.25, -0.2) is 4.58 Å². The van der Waals surface area contributed by atoms with E-state index in [0.29, 0.717) is 0 Å². The van der Waals surface area contributed by atoms with Gasteiger partial charge in [0.2, 0.25) is 5.04 Å². The molecule has 0 saturated heterocycles. The molecule has 214 valence electrons. The summed E-state index contributed by atoms with van der Waals surface area (Å²) in [5, 5.41) is 1.42. The number of nitrogens with zero attached hydrogens (tertiary/aromatic N) is 2. The van der Waals surface area contributed by atoms with Crippen molar-refractivity contribution in [1.29, 1.82) is 0 Å². The van der Waals surface area contributed by atoms with Crippen LogP contribution in [0.15, 0.2) is 48.2 Å². The van der Waals surface area contributed by atoms with E-state index >= 15 is 0 Å². The Bertz CT molecular complexity index is 899. The Morgan fingerprint density at radius 1 is 0.974 bits per heavy atom. The van der Waals surface area contributed by atoms with Crippen molar-refractivity contribution >= 4 is 22.5 Å². The zero-order valence-electron chi connectivity index (χ0n) is 25.1. The van der Waals surface area contributed by atoms with Crippen LogP contribution in [0.3, 0.4) is 0 Å². The summed E-state index contributed by atoms with van der Waals surface area (Å²) in [6.45, 7) is 10.5. The van der Waals surface area contributed by atoms with Crippen molar-refractivity contribution in [2.75, 3.05) is 30.3 Å². The van der Waals surface area contributed by atoms with Crippen molar-refractivity contribution in [3.8, 4) is 0 Å². The number of allylic oxidation sites excluding steroid dienone is 3. The van der Waals surface area contributed by atoms with Gasteiger partial charge < -0.3 is 19.8 Å². The maximum absolute atomic E-state index is 2.61. The summed E-state index contributed by atoms with van der Waals surface area (Å²) < 4.78 is 2.48. The molecule has 38 heavy (non-hydrogen) atoms. The normalized spacial score (nSPS) is 21.1. The van der Waals surface area contributed by atoms with E-state index in [9.17, 15) is 0 Å². The van der Waals surface area contributed by atoms with E-state index < -0.39 is 0 Å². The van der Waals surface area contributed by atoms with Crippen LogP contribution in [0.25, 0.3) is 0 Å². The van der Waals surface area contributed by atoms with Crippen LogP contribution in [0.5, 0.6) is 0 Å². The zero-order valence-corrected chi connectivity index (χ0v) is 27.0. The van der Waals surface area contributed by atoms with Gasteiger partial charge in [-0.1, -0.05) is 121 Å². The van der Waals surface area contributed by atoms with Crippen LogP contribution in [0.4, 0.5) is 5.69 Å². The maximum Gasteiger partial charge on any atom is 2.00 e. The molecule has 0 atom stereocenters. The third-order valence-corrected chi connectivity index (χ3v) is 9.64. The Kier molecular flexibility index (Phi) is 16.3. The van der Waals surface area contributed by atoms with Gasteiger partial charge in [0, 0.05) is 29.4 Å². The molecule has 1 aromatic carbocycles.